The molecule has 1 aromatic carbocycles. The van der Waals surface area contributed by atoms with Crippen LogP contribution >= 0.6 is 0 Å². The van der Waals surface area contributed by atoms with Crippen LogP contribution in [-0.4, -0.2) is 17.1 Å². The van der Waals surface area contributed by atoms with Crippen molar-refractivity contribution in [1.29, 1.82) is 0 Å². The van der Waals surface area contributed by atoms with E-state index in [9.17, 15) is 18.0 Å². The Morgan fingerprint density at radius 3 is 2.42 bits per heavy atom. The number of halogens is 3. The summed E-state index contributed by atoms with van der Waals surface area (Å²) in [6, 6.07) is 8.32. The van der Waals surface area contributed by atoms with Gasteiger partial charge < -0.3 is 0 Å². The van der Waals surface area contributed by atoms with Crippen molar-refractivity contribution < 1.29 is 18.0 Å². The maximum atomic E-state index is 12.6. The van der Waals surface area contributed by atoms with Crippen LogP contribution in [0.4, 0.5) is 18.9 Å². The Morgan fingerprint density at radius 1 is 1.21 bits per heavy atom. The monoisotopic (exact) mass is 270 g/mol. The van der Waals surface area contributed by atoms with E-state index < -0.39 is 12.1 Å². The Balaban J connectivity index is 2.22. The van der Waals surface area contributed by atoms with Gasteiger partial charge in [-0.25, -0.2) is 5.01 Å². The number of hydrogen-bond acceptors (Lipinski definition) is 2. The summed E-state index contributed by atoms with van der Waals surface area (Å²) >= 11 is 0. The number of para-hydroxylation sites is 1. The standard InChI is InChI=1S/C13H13F3N2O/c14-13(15,16)12(19)18(11-8-4-5-9-11)17-10-6-2-1-3-7-10/h1-3,6-8,17H,4-5,9H2. The van der Waals surface area contributed by atoms with Crippen molar-refractivity contribution in [2.45, 2.75) is 25.4 Å². The summed E-state index contributed by atoms with van der Waals surface area (Å²) in [5.41, 5.74) is 3.33. The maximum absolute atomic E-state index is 12.6. The van der Waals surface area contributed by atoms with Crippen molar-refractivity contribution in [3.05, 3.63) is 42.1 Å². The normalized spacial score (nSPS) is 15.0. The number of hydrogen-bond donors (Lipinski definition) is 1. The van der Waals surface area contributed by atoms with Crippen LogP contribution in [0.25, 0.3) is 0 Å². The largest absolute Gasteiger partial charge is 0.473 e. The van der Waals surface area contributed by atoms with Gasteiger partial charge in [-0.05, 0) is 31.4 Å². The van der Waals surface area contributed by atoms with E-state index in [4.69, 9.17) is 0 Å². The molecule has 0 aliphatic heterocycles. The van der Waals surface area contributed by atoms with E-state index in [1.165, 1.54) is 0 Å². The topological polar surface area (TPSA) is 32.3 Å². The number of alkyl halides is 3. The minimum Gasteiger partial charge on any atom is -0.291 e. The lowest BCUT2D eigenvalue weighted by atomic mass is 10.3. The van der Waals surface area contributed by atoms with Crippen LogP contribution in [0.15, 0.2) is 42.1 Å². The van der Waals surface area contributed by atoms with Crippen molar-refractivity contribution in [3.63, 3.8) is 0 Å². The first-order valence-electron chi connectivity index (χ1n) is 5.90. The molecule has 2 rings (SSSR count). The molecule has 102 valence electrons. The minimum absolute atomic E-state index is 0.367. The smallest absolute Gasteiger partial charge is 0.291 e. The van der Waals surface area contributed by atoms with Crippen LogP contribution in [-0.2, 0) is 4.79 Å². The molecule has 1 amide bonds. The number of benzene rings is 1. The van der Waals surface area contributed by atoms with E-state index in [0.717, 1.165) is 6.42 Å². The second-order valence-corrected chi connectivity index (χ2v) is 4.20. The van der Waals surface area contributed by atoms with Gasteiger partial charge in [-0.15, -0.1) is 0 Å². The second-order valence-electron chi connectivity index (χ2n) is 4.20. The predicted octanol–water partition coefficient (Wildman–Crippen LogP) is 3.47. The zero-order valence-electron chi connectivity index (χ0n) is 10.1. The SMILES string of the molecule is O=C(N(Nc1ccccc1)C1=CCCC1)C(F)(F)F. The summed E-state index contributed by atoms with van der Waals surface area (Å²) < 4.78 is 37.8. The van der Waals surface area contributed by atoms with Crippen LogP contribution in [0.1, 0.15) is 19.3 Å². The highest BCUT2D eigenvalue weighted by Gasteiger charge is 2.44. The third-order valence-electron chi connectivity index (χ3n) is 2.76. The fraction of sp³-hybridized carbons (Fsp3) is 0.308. The molecule has 0 bridgehead atoms. The zero-order chi connectivity index (χ0) is 13.9. The molecule has 1 N–H and O–H groups in total. The number of hydrazine groups is 1. The average Bonchev–Trinajstić information content (AvgIpc) is 2.89. The summed E-state index contributed by atoms with van der Waals surface area (Å²) in [6.07, 6.45) is -1.34. The van der Waals surface area contributed by atoms with Crippen molar-refractivity contribution >= 4 is 11.6 Å². The lowest BCUT2D eigenvalue weighted by Gasteiger charge is -2.26. The van der Waals surface area contributed by atoms with Crippen LogP contribution in [0.2, 0.25) is 0 Å². The summed E-state index contributed by atoms with van der Waals surface area (Å²) in [5, 5.41) is 0.600. The van der Waals surface area contributed by atoms with Gasteiger partial charge >= 0.3 is 12.1 Å². The molecule has 0 atom stereocenters. The predicted molar refractivity (Wildman–Crippen MR) is 64.9 cm³/mol. The van der Waals surface area contributed by atoms with Crippen molar-refractivity contribution in [2.24, 2.45) is 0 Å². The van der Waals surface area contributed by atoms with E-state index in [-0.39, 0.29) is 0 Å². The van der Waals surface area contributed by atoms with Gasteiger partial charge in [0.2, 0.25) is 0 Å². The highest BCUT2D eigenvalue weighted by molar-refractivity contribution is 5.84. The zero-order valence-corrected chi connectivity index (χ0v) is 10.1. The molecule has 0 saturated heterocycles. The van der Waals surface area contributed by atoms with Gasteiger partial charge in [0.05, 0.1) is 5.69 Å². The van der Waals surface area contributed by atoms with Crippen LogP contribution in [0.3, 0.4) is 0 Å². The Bertz CT molecular complexity index is 482. The minimum atomic E-state index is -4.90. The third-order valence-corrected chi connectivity index (χ3v) is 2.76. The number of allylic oxidation sites excluding steroid dienone is 2. The molecule has 1 aliphatic rings. The summed E-state index contributed by atoms with van der Waals surface area (Å²) in [7, 11) is 0. The van der Waals surface area contributed by atoms with Gasteiger partial charge in [-0.1, -0.05) is 24.3 Å². The Kier molecular flexibility index (Phi) is 3.78. The molecule has 6 heteroatoms. The van der Waals surface area contributed by atoms with Gasteiger partial charge in [0, 0.05) is 5.70 Å². The fourth-order valence-corrected chi connectivity index (χ4v) is 1.88. The van der Waals surface area contributed by atoms with Gasteiger partial charge in [-0.2, -0.15) is 13.2 Å². The molecule has 0 unspecified atom stereocenters. The van der Waals surface area contributed by atoms with E-state index in [1.807, 2.05) is 0 Å². The van der Waals surface area contributed by atoms with Crippen LogP contribution < -0.4 is 5.43 Å². The third kappa shape index (κ3) is 3.27. The fourth-order valence-electron chi connectivity index (χ4n) is 1.88. The van der Waals surface area contributed by atoms with Gasteiger partial charge in [-0.3, -0.25) is 10.2 Å². The number of amides is 1. The number of nitrogens with zero attached hydrogens (tertiary/aromatic N) is 1. The van der Waals surface area contributed by atoms with E-state index in [0.29, 0.717) is 29.2 Å². The van der Waals surface area contributed by atoms with E-state index in [1.54, 1.807) is 36.4 Å². The Morgan fingerprint density at radius 2 is 1.89 bits per heavy atom. The van der Waals surface area contributed by atoms with Crippen LogP contribution in [0.5, 0.6) is 0 Å². The van der Waals surface area contributed by atoms with Crippen molar-refractivity contribution in [2.75, 3.05) is 5.43 Å². The van der Waals surface area contributed by atoms with Gasteiger partial charge in [0.15, 0.2) is 0 Å². The van der Waals surface area contributed by atoms with Gasteiger partial charge in [0.1, 0.15) is 0 Å². The van der Waals surface area contributed by atoms with Crippen LogP contribution in [0, 0.1) is 0 Å². The molecular weight excluding hydrogens is 257 g/mol. The van der Waals surface area contributed by atoms with Crippen molar-refractivity contribution in [3.8, 4) is 0 Å². The highest BCUT2D eigenvalue weighted by atomic mass is 19.4. The molecule has 0 saturated carbocycles. The summed E-state index contributed by atoms with van der Waals surface area (Å²) in [4.78, 5) is 11.5. The summed E-state index contributed by atoms with van der Waals surface area (Å²) in [6.45, 7) is 0. The number of anilines is 1. The molecule has 1 aliphatic carbocycles. The number of carbonyl (C=O) groups is 1. The average molecular weight is 270 g/mol. The number of nitrogens with one attached hydrogen (secondary N) is 1. The number of rotatable bonds is 3. The van der Waals surface area contributed by atoms with Crippen molar-refractivity contribution in [1.82, 2.24) is 5.01 Å². The molecule has 0 spiro atoms. The molecular formula is C13H13F3N2O. The molecule has 19 heavy (non-hydrogen) atoms. The Labute approximate surface area is 108 Å². The van der Waals surface area contributed by atoms with Gasteiger partial charge in [0.25, 0.3) is 0 Å². The maximum Gasteiger partial charge on any atom is 0.473 e. The lowest BCUT2D eigenvalue weighted by molar-refractivity contribution is -0.182. The quantitative estimate of drug-likeness (QED) is 0.853. The first-order valence-corrected chi connectivity index (χ1v) is 5.90. The van der Waals surface area contributed by atoms with E-state index >= 15 is 0 Å². The molecule has 1 aromatic rings. The first kappa shape index (κ1) is 13.5. The molecule has 0 radical (unpaired) electrons. The molecule has 0 fully saturated rings. The first-order chi connectivity index (χ1) is 8.98. The second kappa shape index (κ2) is 5.34. The Hall–Kier alpha value is -1.98. The summed E-state index contributed by atoms with van der Waals surface area (Å²) in [5.74, 6) is -1.90. The lowest BCUT2D eigenvalue weighted by Crippen LogP contribution is -2.43. The number of carbonyl (C=O) groups excluding carboxylic acids is 1. The molecule has 0 heterocycles. The molecule has 3 nitrogen and oxygen atoms in total. The highest BCUT2D eigenvalue weighted by Crippen LogP contribution is 2.27. The molecule has 0 aromatic heterocycles. The van der Waals surface area contributed by atoms with E-state index in [2.05, 4.69) is 5.43 Å².